The number of hydrogen-bond acceptors (Lipinski definition) is 3. The number of hydrogen-bond donors (Lipinski definition) is 1. The van der Waals surface area contributed by atoms with E-state index in [0.717, 1.165) is 12.8 Å². The standard InChI is InChI=1S/C11H14N2O3S/c14-11(10-6-2-1-3-7-10)12-17(15,16)13-8-4-5-9-13/h1-3,6-7H,4-5,8-9H2,(H,12,14). The third kappa shape index (κ3) is 2.83. The molecule has 0 atom stereocenters. The molecular formula is C11H14N2O3S. The molecule has 1 N–H and O–H groups in total. The number of amides is 1. The Morgan fingerprint density at radius 1 is 1.12 bits per heavy atom. The molecule has 1 aromatic carbocycles. The van der Waals surface area contributed by atoms with Crippen LogP contribution < -0.4 is 4.72 Å². The first-order valence-corrected chi connectivity index (χ1v) is 6.91. The van der Waals surface area contributed by atoms with E-state index in [1.807, 2.05) is 0 Å². The molecule has 1 heterocycles. The zero-order chi connectivity index (χ0) is 12.3. The molecular weight excluding hydrogens is 240 g/mol. The zero-order valence-electron chi connectivity index (χ0n) is 9.30. The van der Waals surface area contributed by atoms with Gasteiger partial charge in [0.15, 0.2) is 0 Å². The Kier molecular flexibility index (Phi) is 3.44. The van der Waals surface area contributed by atoms with Crippen LogP contribution in [0, 0.1) is 0 Å². The second-order valence-corrected chi connectivity index (χ2v) is 5.58. The molecule has 1 saturated heterocycles. The molecule has 1 aliphatic rings. The first-order chi connectivity index (χ1) is 8.09. The number of nitrogens with one attached hydrogen (secondary N) is 1. The van der Waals surface area contributed by atoms with Crippen LogP contribution in [-0.4, -0.2) is 31.7 Å². The molecule has 0 saturated carbocycles. The summed E-state index contributed by atoms with van der Waals surface area (Å²) in [6, 6.07) is 8.31. The van der Waals surface area contributed by atoms with Crippen LogP contribution in [0.3, 0.4) is 0 Å². The summed E-state index contributed by atoms with van der Waals surface area (Å²) in [5.41, 5.74) is 0.343. The second kappa shape index (κ2) is 4.85. The van der Waals surface area contributed by atoms with Crippen LogP contribution in [-0.2, 0) is 10.2 Å². The number of carbonyl (C=O) groups is 1. The average molecular weight is 254 g/mol. The molecule has 6 heteroatoms. The SMILES string of the molecule is O=C(NS(=O)(=O)N1CCCC1)c1ccccc1. The van der Waals surface area contributed by atoms with Gasteiger partial charge in [-0.25, -0.2) is 4.72 Å². The van der Waals surface area contributed by atoms with Crippen LogP contribution >= 0.6 is 0 Å². The first-order valence-electron chi connectivity index (χ1n) is 5.47. The minimum absolute atomic E-state index is 0.343. The Bertz CT molecular complexity index is 493. The molecule has 0 bridgehead atoms. The van der Waals surface area contributed by atoms with E-state index < -0.39 is 16.1 Å². The zero-order valence-corrected chi connectivity index (χ0v) is 10.1. The average Bonchev–Trinajstić information content (AvgIpc) is 2.84. The molecule has 1 aromatic rings. The smallest absolute Gasteiger partial charge is 0.268 e. The third-order valence-corrected chi connectivity index (χ3v) is 4.15. The van der Waals surface area contributed by atoms with Gasteiger partial charge in [0.2, 0.25) is 0 Å². The summed E-state index contributed by atoms with van der Waals surface area (Å²) in [6.07, 6.45) is 1.70. The van der Waals surface area contributed by atoms with Gasteiger partial charge in [0, 0.05) is 18.7 Å². The van der Waals surface area contributed by atoms with Crippen molar-refractivity contribution in [2.45, 2.75) is 12.8 Å². The largest absolute Gasteiger partial charge is 0.304 e. The Morgan fingerprint density at radius 2 is 1.71 bits per heavy atom. The molecule has 0 aliphatic carbocycles. The highest BCUT2D eigenvalue weighted by molar-refractivity contribution is 7.87. The van der Waals surface area contributed by atoms with Crippen LogP contribution in [0.1, 0.15) is 23.2 Å². The molecule has 1 aliphatic heterocycles. The second-order valence-electron chi connectivity index (χ2n) is 3.91. The van der Waals surface area contributed by atoms with Gasteiger partial charge in [-0.15, -0.1) is 0 Å². The van der Waals surface area contributed by atoms with Gasteiger partial charge in [-0.05, 0) is 25.0 Å². The van der Waals surface area contributed by atoms with Crippen molar-refractivity contribution < 1.29 is 13.2 Å². The minimum atomic E-state index is -3.67. The molecule has 1 amide bonds. The van der Waals surface area contributed by atoms with Crippen molar-refractivity contribution in [2.24, 2.45) is 0 Å². The molecule has 92 valence electrons. The number of rotatable bonds is 3. The van der Waals surface area contributed by atoms with E-state index in [-0.39, 0.29) is 0 Å². The topological polar surface area (TPSA) is 66.5 Å². The summed E-state index contributed by atoms with van der Waals surface area (Å²) in [5.74, 6) is -0.586. The van der Waals surface area contributed by atoms with Gasteiger partial charge in [0.1, 0.15) is 0 Å². The summed E-state index contributed by atoms with van der Waals surface area (Å²) >= 11 is 0. The van der Waals surface area contributed by atoms with Gasteiger partial charge in [-0.1, -0.05) is 18.2 Å². The van der Waals surface area contributed by atoms with E-state index in [1.165, 1.54) is 4.31 Å². The molecule has 5 nitrogen and oxygen atoms in total. The van der Waals surface area contributed by atoms with Gasteiger partial charge in [-0.2, -0.15) is 12.7 Å². The van der Waals surface area contributed by atoms with Crippen molar-refractivity contribution in [1.82, 2.24) is 9.03 Å². The Morgan fingerprint density at radius 3 is 2.29 bits per heavy atom. The van der Waals surface area contributed by atoms with E-state index in [2.05, 4.69) is 4.72 Å². The maximum absolute atomic E-state index is 11.8. The summed E-state index contributed by atoms with van der Waals surface area (Å²) in [7, 11) is -3.67. The monoisotopic (exact) mass is 254 g/mol. The number of carbonyl (C=O) groups excluding carboxylic acids is 1. The Balaban J connectivity index is 2.08. The van der Waals surface area contributed by atoms with Crippen molar-refractivity contribution >= 4 is 16.1 Å². The van der Waals surface area contributed by atoms with Crippen LogP contribution in [0.5, 0.6) is 0 Å². The van der Waals surface area contributed by atoms with Crippen molar-refractivity contribution in [3.8, 4) is 0 Å². The highest BCUT2D eigenvalue weighted by atomic mass is 32.2. The molecule has 0 radical (unpaired) electrons. The van der Waals surface area contributed by atoms with Crippen molar-refractivity contribution in [1.29, 1.82) is 0 Å². The maximum Gasteiger partial charge on any atom is 0.304 e. The fraction of sp³-hybridized carbons (Fsp3) is 0.364. The quantitative estimate of drug-likeness (QED) is 0.866. The van der Waals surface area contributed by atoms with Gasteiger partial charge < -0.3 is 0 Å². The van der Waals surface area contributed by atoms with Crippen LogP contribution in [0.4, 0.5) is 0 Å². The summed E-state index contributed by atoms with van der Waals surface area (Å²) in [6.45, 7) is 0.967. The highest BCUT2D eigenvalue weighted by Gasteiger charge is 2.27. The van der Waals surface area contributed by atoms with Crippen LogP contribution in [0.2, 0.25) is 0 Å². The predicted molar refractivity (Wildman–Crippen MR) is 63.6 cm³/mol. The highest BCUT2D eigenvalue weighted by Crippen LogP contribution is 2.11. The lowest BCUT2D eigenvalue weighted by Gasteiger charge is -2.15. The van der Waals surface area contributed by atoms with Crippen molar-refractivity contribution in [3.63, 3.8) is 0 Å². The number of benzene rings is 1. The predicted octanol–water partition coefficient (Wildman–Crippen LogP) is 0.757. The fourth-order valence-corrected chi connectivity index (χ4v) is 2.98. The molecule has 0 spiro atoms. The minimum Gasteiger partial charge on any atom is -0.268 e. The Labute approximate surface area is 101 Å². The summed E-state index contributed by atoms with van der Waals surface area (Å²) in [5, 5.41) is 0. The van der Waals surface area contributed by atoms with E-state index in [9.17, 15) is 13.2 Å². The maximum atomic E-state index is 11.8. The van der Waals surface area contributed by atoms with Crippen molar-refractivity contribution in [3.05, 3.63) is 35.9 Å². The van der Waals surface area contributed by atoms with Gasteiger partial charge in [-0.3, -0.25) is 4.79 Å². The summed E-state index contributed by atoms with van der Waals surface area (Å²) < 4.78 is 27.0. The van der Waals surface area contributed by atoms with Crippen LogP contribution in [0.15, 0.2) is 30.3 Å². The van der Waals surface area contributed by atoms with Gasteiger partial charge >= 0.3 is 10.2 Å². The van der Waals surface area contributed by atoms with Gasteiger partial charge in [0.25, 0.3) is 5.91 Å². The number of nitrogens with zero attached hydrogens (tertiary/aromatic N) is 1. The fourth-order valence-electron chi connectivity index (χ4n) is 1.76. The van der Waals surface area contributed by atoms with Gasteiger partial charge in [0.05, 0.1) is 0 Å². The molecule has 0 unspecified atom stereocenters. The van der Waals surface area contributed by atoms with E-state index >= 15 is 0 Å². The van der Waals surface area contributed by atoms with Crippen LogP contribution in [0.25, 0.3) is 0 Å². The lowest BCUT2D eigenvalue weighted by Crippen LogP contribution is -2.42. The molecule has 2 rings (SSSR count). The summed E-state index contributed by atoms with van der Waals surface area (Å²) in [4.78, 5) is 11.7. The molecule has 1 fully saturated rings. The van der Waals surface area contributed by atoms with Crippen molar-refractivity contribution in [2.75, 3.05) is 13.1 Å². The lowest BCUT2D eigenvalue weighted by atomic mass is 10.2. The first kappa shape index (κ1) is 12.1. The lowest BCUT2D eigenvalue weighted by molar-refractivity contribution is 0.0979. The molecule has 0 aromatic heterocycles. The Hall–Kier alpha value is -1.40. The third-order valence-electron chi connectivity index (χ3n) is 2.66. The van der Waals surface area contributed by atoms with E-state index in [4.69, 9.17) is 0 Å². The van der Waals surface area contributed by atoms with E-state index in [1.54, 1.807) is 30.3 Å². The normalized spacial score (nSPS) is 16.9. The molecule has 17 heavy (non-hydrogen) atoms. The van der Waals surface area contributed by atoms with E-state index in [0.29, 0.717) is 18.7 Å².